The second kappa shape index (κ2) is 11.6. The number of aromatic nitrogens is 3. The molecular weight excluding hydrogens is 652 g/mol. The zero-order valence-electron chi connectivity index (χ0n) is 25.2. The molecule has 3 heterocycles. The zero-order valence-corrected chi connectivity index (χ0v) is 25.2. The van der Waals surface area contributed by atoms with Gasteiger partial charge in [0.25, 0.3) is 5.91 Å². The molecule has 1 fully saturated rings. The van der Waals surface area contributed by atoms with Crippen molar-refractivity contribution in [1.29, 1.82) is 0 Å². The summed E-state index contributed by atoms with van der Waals surface area (Å²) >= 11 is 0. The molecule has 0 saturated heterocycles. The van der Waals surface area contributed by atoms with E-state index in [2.05, 4.69) is 20.1 Å². The fourth-order valence-corrected chi connectivity index (χ4v) is 5.42. The molecule has 11 nitrogen and oxygen atoms in total. The number of pyridine rings is 1. The Morgan fingerprint density at radius 1 is 1.19 bits per heavy atom. The number of rotatable bonds is 10. The summed E-state index contributed by atoms with van der Waals surface area (Å²) in [5.74, 6) is -4.19. The van der Waals surface area contributed by atoms with Crippen molar-refractivity contribution in [3.63, 3.8) is 0 Å². The second-order valence-corrected chi connectivity index (χ2v) is 11.7. The fourth-order valence-electron chi connectivity index (χ4n) is 5.42. The van der Waals surface area contributed by atoms with Gasteiger partial charge in [0, 0.05) is 28.3 Å². The summed E-state index contributed by atoms with van der Waals surface area (Å²) in [6.45, 7) is -3.96. The van der Waals surface area contributed by atoms with Crippen LogP contribution >= 0.6 is 0 Å². The molecule has 2 aromatic heterocycles. The van der Waals surface area contributed by atoms with E-state index < -0.39 is 71.7 Å². The van der Waals surface area contributed by atoms with Gasteiger partial charge >= 0.3 is 12.8 Å². The van der Waals surface area contributed by atoms with E-state index in [1.165, 1.54) is 26.2 Å². The van der Waals surface area contributed by atoms with Crippen LogP contribution in [0.4, 0.5) is 26.3 Å². The largest absolute Gasteiger partial charge is 0.494 e. The van der Waals surface area contributed by atoms with Crippen LogP contribution in [0.15, 0.2) is 42.6 Å². The minimum absolute atomic E-state index is 0.0851. The van der Waals surface area contributed by atoms with Crippen LogP contribution in [-0.2, 0) is 15.8 Å². The molecule has 0 bridgehead atoms. The number of carbonyl (C=O) groups excluding carboxylic acids is 2. The number of hydrogen-bond donors (Lipinski definition) is 3. The molecular formula is C31H27F6N5O6. The summed E-state index contributed by atoms with van der Waals surface area (Å²) in [5, 5.41) is 18.4. The number of fused-ring (bicyclic) bond motifs is 2. The lowest BCUT2D eigenvalue weighted by Gasteiger charge is -2.31. The van der Waals surface area contributed by atoms with Gasteiger partial charge in [0.05, 0.1) is 25.4 Å². The van der Waals surface area contributed by atoms with Crippen molar-refractivity contribution in [3.05, 3.63) is 65.2 Å². The maximum Gasteiger partial charge on any atom is 0.424 e. The van der Waals surface area contributed by atoms with E-state index in [0.29, 0.717) is 17.0 Å². The first-order chi connectivity index (χ1) is 22.6. The molecule has 254 valence electrons. The standard InChI is InChI=1S/C31H27F6N5O6/c1-29(27(38)44)13-47-25-18(29)10-22(40-24(25)14-3-6-20(19(32)8-14)48-28(33)34)30(45,31(35,36)37)12-39-26(43)15-7-16-11-42(17-4-5-17)41-23(16)21(9-15)46-2/h3,6-11,17,28,45H,4-5,12-13H2,1-2H3,(H2,38,44)(H,39,43)/t29-,30?/m0/s1. The number of amides is 2. The molecule has 1 aliphatic carbocycles. The Balaban J connectivity index is 1.40. The number of nitrogens with two attached hydrogens (primary N) is 1. The van der Waals surface area contributed by atoms with Crippen molar-refractivity contribution in [1.82, 2.24) is 20.1 Å². The molecule has 2 amide bonds. The quantitative estimate of drug-likeness (QED) is 0.208. The number of ether oxygens (including phenoxy) is 3. The average molecular weight is 680 g/mol. The Labute approximate surface area is 267 Å². The number of benzene rings is 2. The molecule has 1 saturated carbocycles. The highest BCUT2D eigenvalue weighted by molar-refractivity contribution is 6.00. The number of nitrogens with one attached hydrogen (secondary N) is 1. The van der Waals surface area contributed by atoms with Crippen molar-refractivity contribution in [2.24, 2.45) is 5.73 Å². The van der Waals surface area contributed by atoms with Gasteiger partial charge in [-0.05, 0) is 56.2 Å². The minimum Gasteiger partial charge on any atom is -0.494 e. The molecule has 17 heteroatoms. The Morgan fingerprint density at radius 2 is 1.92 bits per heavy atom. The first-order valence-electron chi connectivity index (χ1n) is 14.4. The lowest BCUT2D eigenvalue weighted by atomic mass is 9.81. The number of hydrogen-bond acceptors (Lipinski definition) is 8. The number of primary amides is 1. The van der Waals surface area contributed by atoms with Gasteiger partial charge in [-0.1, -0.05) is 0 Å². The normalized spacial score (nSPS) is 18.7. The van der Waals surface area contributed by atoms with Crippen LogP contribution in [0.5, 0.6) is 17.2 Å². The lowest BCUT2D eigenvalue weighted by molar-refractivity contribution is -0.265. The number of alkyl halides is 5. The van der Waals surface area contributed by atoms with Gasteiger partial charge in [0.15, 0.2) is 11.6 Å². The van der Waals surface area contributed by atoms with Crippen LogP contribution in [0.2, 0.25) is 0 Å². The topological polar surface area (TPSA) is 151 Å². The van der Waals surface area contributed by atoms with Gasteiger partial charge in [0.1, 0.15) is 34.7 Å². The maximum atomic E-state index is 14.8. The number of carbonyl (C=O) groups is 2. The molecule has 6 rings (SSSR count). The molecule has 0 spiro atoms. The summed E-state index contributed by atoms with van der Waals surface area (Å²) in [7, 11) is 1.35. The Morgan fingerprint density at radius 3 is 2.52 bits per heavy atom. The SMILES string of the molecule is COc1cc(C(=O)NCC(O)(c2cc3c(c(-c4ccc(OC(F)F)c(F)c4)n2)OC[C@]3(C)C(N)=O)C(F)(F)F)cc2cn(C3CC3)nc12. The third-order valence-electron chi connectivity index (χ3n) is 8.43. The minimum atomic E-state index is -5.48. The average Bonchev–Trinajstić information content (AvgIpc) is 3.70. The molecule has 1 aliphatic heterocycles. The van der Waals surface area contributed by atoms with E-state index in [1.54, 1.807) is 10.9 Å². The second-order valence-electron chi connectivity index (χ2n) is 11.7. The van der Waals surface area contributed by atoms with Gasteiger partial charge < -0.3 is 30.4 Å². The Kier molecular flexibility index (Phi) is 7.92. The van der Waals surface area contributed by atoms with Crippen LogP contribution in [0.1, 0.15) is 47.4 Å². The molecule has 48 heavy (non-hydrogen) atoms. The molecule has 4 aromatic rings. The smallest absolute Gasteiger partial charge is 0.424 e. The zero-order chi connectivity index (χ0) is 34.8. The van der Waals surface area contributed by atoms with Crippen molar-refractivity contribution in [3.8, 4) is 28.5 Å². The molecule has 4 N–H and O–H groups in total. The number of aliphatic hydroxyl groups is 1. The van der Waals surface area contributed by atoms with Gasteiger partial charge in [-0.2, -0.15) is 27.1 Å². The van der Waals surface area contributed by atoms with E-state index in [4.69, 9.17) is 15.2 Å². The predicted octanol–water partition coefficient (Wildman–Crippen LogP) is 4.50. The predicted molar refractivity (Wildman–Crippen MR) is 155 cm³/mol. The highest BCUT2D eigenvalue weighted by atomic mass is 19.4. The van der Waals surface area contributed by atoms with E-state index in [9.17, 15) is 41.0 Å². The molecule has 2 atom stereocenters. The highest BCUT2D eigenvalue weighted by Gasteiger charge is 2.57. The summed E-state index contributed by atoms with van der Waals surface area (Å²) < 4.78 is 101. The van der Waals surface area contributed by atoms with E-state index >= 15 is 0 Å². The Hall–Kier alpha value is -5.06. The van der Waals surface area contributed by atoms with Crippen LogP contribution in [-0.4, -0.2) is 64.7 Å². The van der Waals surface area contributed by atoms with E-state index in [1.807, 2.05) is 0 Å². The summed E-state index contributed by atoms with van der Waals surface area (Å²) in [4.78, 5) is 29.7. The number of nitrogens with zero attached hydrogens (tertiary/aromatic N) is 3. The molecule has 2 aliphatic rings. The molecule has 0 radical (unpaired) electrons. The van der Waals surface area contributed by atoms with E-state index in [0.717, 1.165) is 31.0 Å². The van der Waals surface area contributed by atoms with Gasteiger partial charge in [-0.15, -0.1) is 0 Å². The lowest BCUT2D eigenvalue weighted by Crippen LogP contribution is -2.51. The van der Waals surface area contributed by atoms with E-state index in [-0.39, 0.29) is 34.2 Å². The van der Waals surface area contributed by atoms with Crippen molar-refractivity contribution in [2.75, 3.05) is 20.3 Å². The first kappa shape index (κ1) is 32.9. The van der Waals surface area contributed by atoms with Gasteiger partial charge in [-0.3, -0.25) is 14.3 Å². The van der Waals surface area contributed by atoms with Crippen molar-refractivity contribution >= 4 is 22.7 Å². The van der Waals surface area contributed by atoms with Gasteiger partial charge in [-0.25, -0.2) is 9.37 Å². The van der Waals surface area contributed by atoms with Crippen molar-refractivity contribution < 1.29 is 55.2 Å². The van der Waals surface area contributed by atoms with Crippen LogP contribution < -0.4 is 25.3 Å². The highest BCUT2D eigenvalue weighted by Crippen LogP contribution is 2.48. The third kappa shape index (κ3) is 5.61. The number of methoxy groups -OCH3 is 1. The number of halogens is 6. The fraction of sp³-hybridized carbons (Fsp3) is 0.355. The van der Waals surface area contributed by atoms with Crippen LogP contribution in [0, 0.1) is 5.82 Å². The third-order valence-corrected chi connectivity index (χ3v) is 8.43. The summed E-state index contributed by atoms with van der Waals surface area (Å²) in [6.07, 6.45) is -1.93. The molecule has 2 aromatic carbocycles. The summed E-state index contributed by atoms with van der Waals surface area (Å²) in [6, 6.07) is 6.19. The summed E-state index contributed by atoms with van der Waals surface area (Å²) in [5.41, 5.74) is -1.68. The van der Waals surface area contributed by atoms with Crippen LogP contribution in [0.3, 0.4) is 0 Å². The van der Waals surface area contributed by atoms with Crippen LogP contribution in [0.25, 0.3) is 22.2 Å². The molecule has 1 unspecified atom stereocenters. The van der Waals surface area contributed by atoms with Gasteiger partial charge in [0.2, 0.25) is 11.5 Å². The van der Waals surface area contributed by atoms with Crippen molar-refractivity contribution in [2.45, 2.75) is 49.6 Å². The monoisotopic (exact) mass is 679 g/mol. The Bertz CT molecular complexity index is 1950. The maximum absolute atomic E-state index is 14.8. The first-order valence-corrected chi connectivity index (χ1v) is 14.4.